The number of aromatic hydroxyl groups is 1. The molecule has 4 nitrogen and oxygen atoms in total. The maximum Gasteiger partial charge on any atom is 0.339 e. The van der Waals surface area contributed by atoms with Gasteiger partial charge in [-0.15, -0.1) is 12.6 Å². The molecular weight excluding hydrogens is 214 g/mol. The van der Waals surface area contributed by atoms with E-state index in [1.54, 1.807) is 13.0 Å². The van der Waals surface area contributed by atoms with Crippen LogP contribution in [0.3, 0.4) is 0 Å². The number of phenols is 1. The minimum atomic E-state index is -0.627. The van der Waals surface area contributed by atoms with E-state index in [9.17, 15) is 9.90 Å². The molecule has 78 valence electrons. The monoisotopic (exact) mass is 223 g/mol. The quantitative estimate of drug-likeness (QED) is 0.591. The van der Waals surface area contributed by atoms with Crippen LogP contribution < -0.4 is 0 Å². The summed E-state index contributed by atoms with van der Waals surface area (Å²) in [4.78, 5) is 11.6. The lowest BCUT2D eigenvalue weighted by molar-refractivity contribution is 0.0525. The second kappa shape index (κ2) is 4.71. The molecular formula is C10H9NO3S. The second-order valence-electron chi connectivity index (χ2n) is 2.69. The number of rotatable bonds is 2. The molecule has 0 heterocycles. The van der Waals surface area contributed by atoms with Crippen LogP contribution in [-0.2, 0) is 4.74 Å². The summed E-state index contributed by atoms with van der Waals surface area (Å²) in [6, 6.07) is 4.58. The first kappa shape index (κ1) is 11.4. The largest absolute Gasteiger partial charge is 0.505 e. The Labute approximate surface area is 92.5 Å². The van der Waals surface area contributed by atoms with Gasteiger partial charge in [-0.1, -0.05) is 0 Å². The molecule has 0 saturated carbocycles. The summed E-state index contributed by atoms with van der Waals surface area (Å²) in [6.45, 7) is 1.88. The number of nitriles is 1. The Morgan fingerprint density at radius 2 is 2.33 bits per heavy atom. The molecule has 1 rings (SSSR count). The van der Waals surface area contributed by atoms with Crippen molar-refractivity contribution < 1.29 is 14.6 Å². The molecule has 0 amide bonds. The Hall–Kier alpha value is -1.67. The van der Waals surface area contributed by atoms with Crippen LogP contribution >= 0.6 is 12.6 Å². The summed E-state index contributed by atoms with van der Waals surface area (Å²) >= 11 is 3.94. The molecule has 0 unspecified atom stereocenters. The highest BCUT2D eigenvalue weighted by Gasteiger charge is 2.17. The van der Waals surface area contributed by atoms with Gasteiger partial charge in [-0.3, -0.25) is 0 Å². The minimum Gasteiger partial charge on any atom is -0.505 e. The van der Waals surface area contributed by atoms with Crippen LogP contribution in [0.4, 0.5) is 0 Å². The smallest absolute Gasteiger partial charge is 0.339 e. The normalized spacial score (nSPS) is 9.40. The van der Waals surface area contributed by atoms with E-state index in [4.69, 9.17) is 10.00 Å². The van der Waals surface area contributed by atoms with Crippen molar-refractivity contribution in [1.82, 2.24) is 0 Å². The van der Waals surface area contributed by atoms with Gasteiger partial charge in [-0.05, 0) is 19.1 Å². The predicted molar refractivity (Wildman–Crippen MR) is 56.0 cm³/mol. The number of phenolic OH excluding ortho intramolecular Hbond substituents is 1. The Balaban J connectivity index is 3.26. The average Bonchev–Trinajstić information content (AvgIpc) is 2.22. The van der Waals surface area contributed by atoms with Crippen LogP contribution in [0, 0.1) is 11.3 Å². The molecule has 0 aromatic heterocycles. The molecule has 0 aliphatic rings. The number of carbonyl (C=O) groups is 1. The molecule has 0 bridgehead atoms. The van der Waals surface area contributed by atoms with Gasteiger partial charge in [0.2, 0.25) is 0 Å². The molecule has 15 heavy (non-hydrogen) atoms. The molecule has 0 radical (unpaired) electrons. The zero-order chi connectivity index (χ0) is 11.4. The van der Waals surface area contributed by atoms with Gasteiger partial charge in [0.05, 0.1) is 12.2 Å². The van der Waals surface area contributed by atoms with E-state index in [2.05, 4.69) is 12.6 Å². The van der Waals surface area contributed by atoms with Gasteiger partial charge in [0.25, 0.3) is 0 Å². The lowest BCUT2D eigenvalue weighted by Gasteiger charge is -2.06. The van der Waals surface area contributed by atoms with Crippen LogP contribution in [0.1, 0.15) is 22.8 Å². The fourth-order valence-corrected chi connectivity index (χ4v) is 1.26. The van der Waals surface area contributed by atoms with Crippen LogP contribution in [-0.4, -0.2) is 17.7 Å². The fraction of sp³-hybridized carbons (Fsp3) is 0.200. The van der Waals surface area contributed by atoms with E-state index in [0.29, 0.717) is 0 Å². The first-order valence-electron chi connectivity index (χ1n) is 4.24. The zero-order valence-electron chi connectivity index (χ0n) is 8.02. The maximum absolute atomic E-state index is 11.4. The molecule has 0 saturated heterocycles. The Morgan fingerprint density at radius 3 is 2.87 bits per heavy atom. The van der Waals surface area contributed by atoms with Crippen molar-refractivity contribution in [3.8, 4) is 11.8 Å². The van der Waals surface area contributed by atoms with Gasteiger partial charge >= 0.3 is 5.97 Å². The lowest BCUT2D eigenvalue weighted by Crippen LogP contribution is -2.07. The fourth-order valence-electron chi connectivity index (χ4n) is 1.07. The summed E-state index contributed by atoms with van der Waals surface area (Å²) in [6.07, 6.45) is 0. The molecule has 0 fully saturated rings. The molecule has 0 aliphatic heterocycles. The second-order valence-corrected chi connectivity index (χ2v) is 3.17. The Bertz CT molecular complexity index is 437. The summed E-state index contributed by atoms with van der Waals surface area (Å²) in [5.41, 5.74) is -0.0596. The van der Waals surface area contributed by atoms with Crippen molar-refractivity contribution in [2.24, 2.45) is 0 Å². The van der Waals surface area contributed by atoms with Gasteiger partial charge < -0.3 is 9.84 Å². The van der Waals surface area contributed by atoms with Gasteiger partial charge in [0.1, 0.15) is 17.4 Å². The Morgan fingerprint density at radius 1 is 1.67 bits per heavy atom. The maximum atomic E-state index is 11.4. The number of nitrogens with zero attached hydrogens (tertiary/aromatic N) is 1. The van der Waals surface area contributed by atoms with Gasteiger partial charge in [0.15, 0.2) is 0 Å². The number of carbonyl (C=O) groups excluding carboxylic acids is 1. The van der Waals surface area contributed by atoms with Crippen LogP contribution in [0.5, 0.6) is 5.75 Å². The lowest BCUT2D eigenvalue weighted by atomic mass is 10.1. The van der Waals surface area contributed by atoms with Crippen molar-refractivity contribution in [2.45, 2.75) is 11.8 Å². The molecule has 0 atom stereocenters. The van der Waals surface area contributed by atoms with Crippen molar-refractivity contribution in [2.75, 3.05) is 6.61 Å². The van der Waals surface area contributed by atoms with Gasteiger partial charge in [-0.2, -0.15) is 5.26 Å². The molecule has 1 N–H and O–H groups in total. The third kappa shape index (κ3) is 2.22. The van der Waals surface area contributed by atoms with E-state index in [0.717, 1.165) is 0 Å². The highest BCUT2D eigenvalue weighted by atomic mass is 32.1. The van der Waals surface area contributed by atoms with E-state index in [1.807, 2.05) is 0 Å². The predicted octanol–water partition coefficient (Wildman–Crippen LogP) is 1.73. The molecule has 1 aromatic carbocycles. The minimum absolute atomic E-state index is 0.0506. The standard InChI is InChI=1S/C10H9NO3S/c1-2-14-10(13)6-3-4-8(15)9(12)7(6)5-11/h3-4,12,15H,2H2,1H3. The number of benzene rings is 1. The molecule has 1 aromatic rings. The van der Waals surface area contributed by atoms with Crippen molar-refractivity contribution in [3.05, 3.63) is 23.3 Å². The van der Waals surface area contributed by atoms with E-state index >= 15 is 0 Å². The topological polar surface area (TPSA) is 70.3 Å². The first-order chi connectivity index (χ1) is 7.11. The number of hydrogen-bond acceptors (Lipinski definition) is 5. The first-order valence-corrected chi connectivity index (χ1v) is 4.68. The van der Waals surface area contributed by atoms with Crippen molar-refractivity contribution in [1.29, 1.82) is 5.26 Å². The van der Waals surface area contributed by atoms with Crippen LogP contribution in [0.15, 0.2) is 17.0 Å². The Kier molecular flexibility index (Phi) is 3.58. The average molecular weight is 223 g/mol. The number of hydrogen-bond donors (Lipinski definition) is 2. The van der Waals surface area contributed by atoms with Crippen molar-refractivity contribution in [3.63, 3.8) is 0 Å². The third-order valence-electron chi connectivity index (χ3n) is 1.76. The summed E-state index contributed by atoms with van der Waals surface area (Å²) in [7, 11) is 0. The van der Waals surface area contributed by atoms with E-state index in [-0.39, 0.29) is 28.4 Å². The summed E-state index contributed by atoms with van der Waals surface area (Å²) in [5.74, 6) is -0.927. The molecule has 0 spiro atoms. The van der Waals surface area contributed by atoms with E-state index < -0.39 is 5.97 Å². The van der Waals surface area contributed by atoms with Crippen LogP contribution in [0.2, 0.25) is 0 Å². The summed E-state index contributed by atoms with van der Waals surface area (Å²) < 4.78 is 4.74. The number of thiol groups is 1. The third-order valence-corrected chi connectivity index (χ3v) is 2.12. The van der Waals surface area contributed by atoms with Crippen LogP contribution in [0.25, 0.3) is 0 Å². The van der Waals surface area contributed by atoms with Gasteiger partial charge in [0, 0.05) is 4.90 Å². The highest BCUT2D eigenvalue weighted by molar-refractivity contribution is 7.80. The van der Waals surface area contributed by atoms with Crippen molar-refractivity contribution >= 4 is 18.6 Å². The highest BCUT2D eigenvalue weighted by Crippen LogP contribution is 2.28. The van der Waals surface area contributed by atoms with Gasteiger partial charge in [-0.25, -0.2) is 4.79 Å². The van der Waals surface area contributed by atoms with E-state index in [1.165, 1.54) is 12.1 Å². The SMILES string of the molecule is CCOC(=O)c1ccc(S)c(O)c1C#N. The number of ether oxygens (including phenoxy) is 1. The summed E-state index contributed by atoms with van der Waals surface area (Å²) in [5, 5.41) is 18.3. The zero-order valence-corrected chi connectivity index (χ0v) is 8.91. The molecule has 0 aliphatic carbocycles. The number of esters is 1. The molecule has 5 heteroatoms.